The second kappa shape index (κ2) is 5.31. The molecule has 3 saturated carbocycles. The van der Waals surface area contributed by atoms with E-state index in [-0.39, 0.29) is 28.9 Å². The minimum absolute atomic E-state index is 0.00879. The Balaban J connectivity index is 1.68. The summed E-state index contributed by atoms with van der Waals surface area (Å²) in [5, 5.41) is 10.8. The van der Waals surface area contributed by atoms with Crippen molar-refractivity contribution in [2.45, 2.75) is 64.2 Å². The molecule has 0 saturated heterocycles. The Bertz CT molecular complexity index is 575. The molecule has 24 heavy (non-hydrogen) atoms. The third-order valence-electron chi connectivity index (χ3n) is 8.38. The van der Waals surface area contributed by atoms with E-state index in [0.29, 0.717) is 23.8 Å². The zero-order valence-electron chi connectivity index (χ0n) is 15.4. The molecule has 4 aliphatic rings. The molecule has 4 nitrogen and oxygen atoms in total. The molecule has 8 atom stereocenters. The summed E-state index contributed by atoms with van der Waals surface area (Å²) in [6.07, 6.45) is 9.06. The Morgan fingerprint density at radius 2 is 2.00 bits per heavy atom. The van der Waals surface area contributed by atoms with Crippen LogP contribution in [0.1, 0.15) is 46.0 Å². The number of amides is 1. The minimum atomic E-state index is -0.342. The average Bonchev–Trinajstić information content (AvgIpc) is 2.83. The van der Waals surface area contributed by atoms with Crippen LogP contribution in [0.4, 0.5) is 0 Å². The van der Waals surface area contributed by atoms with Crippen LogP contribution in [-0.4, -0.2) is 48.3 Å². The van der Waals surface area contributed by atoms with Crippen molar-refractivity contribution >= 4 is 5.91 Å². The summed E-state index contributed by atoms with van der Waals surface area (Å²) in [6, 6.07) is 0.324. The molecule has 134 valence electrons. The normalized spacial score (nSPS) is 53.5. The van der Waals surface area contributed by atoms with Gasteiger partial charge in [-0.3, -0.25) is 4.79 Å². The molecule has 1 aliphatic heterocycles. The molecular weight excluding hydrogens is 302 g/mol. The van der Waals surface area contributed by atoms with Crippen LogP contribution in [0.3, 0.4) is 0 Å². The molecule has 0 bridgehead atoms. The predicted molar refractivity (Wildman–Crippen MR) is 92.3 cm³/mol. The lowest BCUT2D eigenvalue weighted by Gasteiger charge is -2.59. The van der Waals surface area contributed by atoms with Crippen molar-refractivity contribution in [2.24, 2.45) is 28.6 Å². The van der Waals surface area contributed by atoms with Crippen molar-refractivity contribution < 1.29 is 14.6 Å². The number of aliphatic hydroxyl groups is 1. The van der Waals surface area contributed by atoms with E-state index in [0.717, 1.165) is 25.7 Å². The maximum atomic E-state index is 12.1. The highest BCUT2D eigenvalue weighted by Crippen LogP contribution is 2.64. The molecule has 3 aliphatic carbocycles. The van der Waals surface area contributed by atoms with Crippen LogP contribution in [0.5, 0.6) is 0 Å². The number of carbonyl (C=O) groups excluding carboxylic acids is 1. The van der Waals surface area contributed by atoms with E-state index >= 15 is 0 Å². The largest absolute Gasteiger partial charge is 0.390 e. The van der Waals surface area contributed by atoms with Crippen LogP contribution in [0.2, 0.25) is 0 Å². The Morgan fingerprint density at radius 1 is 1.25 bits per heavy atom. The molecule has 4 rings (SSSR count). The first-order valence-corrected chi connectivity index (χ1v) is 9.50. The highest BCUT2D eigenvalue weighted by Gasteiger charge is 2.62. The summed E-state index contributed by atoms with van der Waals surface area (Å²) in [4.78, 5) is 14.1. The van der Waals surface area contributed by atoms with Gasteiger partial charge in [0, 0.05) is 25.6 Å². The zero-order valence-corrected chi connectivity index (χ0v) is 15.4. The van der Waals surface area contributed by atoms with E-state index < -0.39 is 0 Å². The number of ether oxygens (including phenoxy) is 1. The Morgan fingerprint density at radius 3 is 2.71 bits per heavy atom. The number of hydrogen-bond acceptors (Lipinski definition) is 3. The maximum Gasteiger partial charge on any atom is 0.246 e. The maximum absolute atomic E-state index is 12.1. The van der Waals surface area contributed by atoms with Crippen molar-refractivity contribution in [1.82, 2.24) is 4.90 Å². The number of hydrogen-bond donors (Lipinski definition) is 1. The second-order valence-corrected chi connectivity index (χ2v) is 9.12. The van der Waals surface area contributed by atoms with E-state index in [1.54, 1.807) is 13.2 Å². The standard InChI is InChI=1S/C20H31NO3/c1-19-10-8-17(22)21(3)16(19)6-5-12-13(19)7-9-20(2)14(12)11-15(24-4)18(20)23/h8,10,12-16,18,23H,5-7,9,11H2,1-4H3/t12?,13?,14-,15-,16+,18-,19+,20-/m0/s1. The minimum Gasteiger partial charge on any atom is -0.390 e. The number of aliphatic hydroxyl groups excluding tert-OH is 1. The van der Waals surface area contributed by atoms with E-state index in [4.69, 9.17) is 4.74 Å². The van der Waals surface area contributed by atoms with Gasteiger partial charge in [0.1, 0.15) is 0 Å². The van der Waals surface area contributed by atoms with Crippen molar-refractivity contribution in [3.8, 4) is 0 Å². The van der Waals surface area contributed by atoms with Gasteiger partial charge in [-0.05, 0) is 61.3 Å². The van der Waals surface area contributed by atoms with Crippen LogP contribution in [-0.2, 0) is 9.53 Å². The molecule has 3 fully saturated rings. The van der Waals surface area contributed by atoms with Gasteiger partial charge in [0.05, 0.1) is 12.2 Å². The molecule has 4 heteroatoms. The molecule has 1 heterocycles. The van der Waals surface area contributed by atoms with Crippen molar-refractivity contribution in [1.29, 1.82) is 0 Å². The Labute approximate surface area is 145 Å². The fraction of sp³-hybridized carbons (Fsp3) is 0.850. The highest BCUT2D eigenvalue weighted by atomic mass is 16.5. The van der Waals surface area contributed by atoms with Gasteiger partial charge in [-0.1, -0.05) is 19.9 Å². The molecule has 0 radical (unpaired) electrons. The van der Waals surface area contributed by atoms with Crippen LogP contribution in [0, 0.1) is 28.6 Å². The van der Waals surface area contributed by atoms with E-state index in [1.807, 2.05) is 11.9 Å². The Hall–Kier alpha value is -0.870. The first kappa shape index (κ1) is 16.6. The first-order valence-electron chi connectivity index (χ1n) is 9.50. The predicted octanol–water partition coefficient (Wildman–Crippen LogP) is 2.61. The number of rotatable bonds is 1. The highest BCUT2D eigenvalue weighted by molar-refractivity contribution is 5.89. The summed E-state index contributed by atoms with van der Waals surface area (Å²) in [5.41, 5.74) is 0.0637. The lowest BCUT2D eigenvalue weighted by molar-refractivity contribution is -0.140. The number of nitrogens with zero attached hydrogens (tertiary/aromatic N) is 1. The van der Waals surface area contributed by atoms with Gasteiger partial charge in [0.2, 0.25) is 5.91 Å². The summed E-state index contributed by atoms with van der Waals surface area (Å²) in [6.45, 7) is 4.63. The van der Waals surface area contributed by atoms with Gasteiger partial charge in [-0.15, -0.1) is 0 Å². The summed E-state index contributed by atoms with van der Waals surface area (Å²) < 4.78 is 5.61. The van der Waals surface area contributed by atoms with Gasteiger partial charge in [0.15, 0.2) is 0 Å². The number of likely N-dealkylation sites (N-methyl/N-ethyl adjacent to an activating group) is 1. The zero-order chi connectivity index (χ0) is 17.3. The lowest BCUT2D eigenvalue weighted by atomic mass is 9.48. The quantitative estimate of drug-likeness (QED) is 0.802. The summed E-state index contributed by atoms with van der Waals surface area (Å²) >= 11 is 0. The summed E-state index contributed by atoms with van der Waals surface area (Å²) in [5.74, 6) is 1.91. The van der Waals surface area contributed by atoms with Gasteiger partial charge < -0.3 is 14.7 Å². The molecule has 1 amide bonds. The van der Waals surface area contributed by atoms with E-state index in [2.05, 4.69) is 19.9 Å². The number of carbonyl (C=O) groups is 1. The molecule has 1 N–H and O–H groups in total. The average molecular weight is 333 g/mol. The van der Waals surface area contributed by atoms with Gasteiger partial charge in [-0.2, -0.15) is 0 Å². The second-order valence-electron chi connectivity index (χ2n) is 9.12. The van der Waals surface area contributed by atoms with E-state index in [9.17, 15) is 9.90 Å². The van der Waals surface area contributed by atoms with Crippen molar-refractivity contribution in [3.63, 3.8) is 0 Å². The topological polar surface area (TPSA) is 49.8 Å². The van der Waals surface area contributed by atoms with Crippen LogP contribution in [0.15, 0.2) is 12.2 Å². The third-order valence-corrected chi connectivity index (χ3v) is 8.38. The van der Waals surface area contributed by atoms with Crippen LogP contribution < -0.4 is 0 Å². The van der Waals surface area contributed by atoms with Gasteiger partial charge >= 0.3 is 0 Å². The van der Waals surface area contributed by atoms with Gasteiger partial charge in [-0.25, -0.2) is 0 Å². The SMILES string of the molecule is CO[C@H]1C[C@H]2C3CC[C@H]4N(C)C(=O)C=C[C@]4(C)C3CC[C@]2(C)[C@H]1O. The first-order chi connectivity index (χ1) is 11.3. The fourth-order valence-corrected chi connectivity index (χ4v) is 6.93. The van der Waals surface area contributed by atoms with Crippen molar-refractivity contribution in [3.05, 3.63) is 12.2 Å². The molecule has 0 aromatic heterocycles. The van der Waals surface area contributed by atoms with Gasteiger partial charge in [0.25, 0.3) is 0 Å². The lowest BCUT2D eigenvalue weighted by Crippen LogP contribution is -2.59. The Kier molecular flexibility index (Phi) is 3.67. The monoisotopic (exact) mass is 333 g/mol. The summed E-state index contributed by atoms with van der Waals surface area (Å²) in [7, 11) is 3.69. The molecule has 0 spiro atoms. The number of methoxy groups -OCH3 is 1. The fourth-order valence-electron chi connectivity index (χ4n) is 6.93. The van der Waals surface area contributed by atoms with E-state index in [1.165, 1.54) is 6.42 Å². The van der Waals surface area contributed by atoms with Crippen LogP contribution in [0.25, 0.3) is 0 Å². The van der Waals surface area contributed by atoms with Crippen molar-refractivity contribution in [2.75, 3.05) is 14.2 Å². The molecular formula is C20H31NO3. The smallest absolute Gasteiger partial charge is 0.246 e. The molecule has 0 aromatic rings. The number of fused-ring (bicyclic) bond motifs is 5. The third kappa shape index (κ3) is 1.96. The molecule has 0 aromatic carbocycles. The molecule has 2 unspecified atom stereocenters. The van der Waals surface area contributed by atoms with Crippen LogP contribution >= 0.6 is 0 Å².